The molecule has 1 aromatic heterocycles. The molecule has 1 aliphatic carbocycles. The maximum atomic E-state index is 6.06. The molecule has 0 saturated heterocycles. The Labute approximate surface area is 110 Å². The zero-order valence-electron chi connectivity index (χ0n) is 11.4. The highest BCUT2D eigenvalue weighted by Gasteiger charge is 2.34. The molecule has 0 radical (unpaired) electrons. The Hall–Kier alpha value is -0.930. The normalized spacial score (nSPS) is 19.1. The van der Waals surface area contributed by atoms with Crippen molar-refractivity contribution in [3.05, 3.63) is 30.1 Å². The minimum absolute atomic E-state index is 0.255. The number of nitrogens with zero attached hydrogens (tertiary/aromatic N) is 2. The first-order chi connectivity index (χ1) is 8.77. The highest BCUT2D eigenvalue weighted by atomic mass is 15.2. The van der Waals surface area contributed by atoms with Crippen molar-refractivity contribution in [2.75, 3.05) is 20.1 Å². The van der Waals surface area contributed by atoms with Crippen molar-refractivity contribution >= 4 is 0 Å². The summed E-state index contributed by atoms with van der Waals surface area (Å²) < 4.78 is 0. The number of nitrogens with two attached hydrogens (primary N) is 1. The Kier molecular flexibility index (Phi) is 4.72. The molecule has 1 heterocycles. The van der Waals surface area contributed by atoms with Crippen LogP contribution in [0.5, 0.6) is 0 Å². The average Bonchev–Trinajstić information content (AvgIpc) is 2.46. The van der Waals surface area contributed by atoms with E-state index in [0.717, 1.165) is 19.5 Å². The smallest absolute Gasteiger partial charge is 0.0328 e. The predicted octanol–water partition coefficient (Wildman–Crippen LogP) is 2.22. The number of hydrogen-bond acceptors (Lipinski definition) is 3. The first kappa shape index (κ1) is 13.5. The van der Waals surface area contributed by atoms with E-state index in [-0.39, 0.29) is 5.54 Å². The Morgan fingerprint density at radius 1 is 1.22 bits per heavy atom. The van der Waals surface area contributed by atoms with Gasteiger partial charge in [0, 0.05) is 31.0 Å². The van der Waals surface area contributed by atoms with Gasteiger partial charge in [0.1, 0.15) is 0 Å². The van der Waals surface area contributed by atoms with E-state index in [1.807, 2.05) is 12.4 Å². The van der Waals surface area contributed by atoms with Crippen molar-refractivity contribution in [1.82, 2.24) is 9.88 Å². The SMILES string of the molecule is CN(CCc1ccncc1)C1(CN)CCCCC1. The summed E-state index contributed by atoms with van der Waals surface area (Å²) in [7, 11) is 2.24. The third-order valence-corrected chi connectivity index (χ3v) is 4.46. The maximum Gasteiger partial charge on any atom is 0.0328 e. The molecule has 0 spiro atoms. The topological polar surface area (TPSA) is 42.2 Å². The molecule has 3 heteroatoms. The summed E-state index contributed by atoms with van der Waals surface area (Å²) in [6.45, 7) is 1.88. The van der Waals surface area contributed by atoms with Gasteiger partial charge in [-0.1, -0.05) is 19.3 Å². The van der Waals surface area contributed by atoms with Crippen LogP contribution in [-0.2, 0) is 6.42 Å². The van der Waals surface area contributed by atoms with Crippen molar-refractivity contribution < 1.29 is 0 Å². The summed E-state index contributed by atoms with van der Waals surface area (Å²) in [5.41, 5.74) is 7.67. The first-order valence-electron chi connectivity index (χ1n) is 7.07. The summed E-state index contributed by atoms with van der Waals surface area (Å²) in [5.74, 6) is 0. The van der Waals surface area contributed by atoms with Crippen LogP contribution in [0, 0.1) is 0 Å². The molecule has 0 atom stereocenters. The van der Waals surface area contributed by atoms with Crippen LogP contribution >= 0.6 is 0 Å². The summed E-state index contributed by atoms with van der Waals surface area (Å²) in [5, 5.41) is 0. The molecule has 0 bridgehead atoms. The summed E-state index contributed by atoms with van der Waals surface area (Å²) in [6.07, 6.45) is 11.4. The molecule has 2 rings (SSSR count). The van der Waals surface area contributed by atoms with Crippen molar-refractivity contribution in [2.45, 2.75) is 44.1 Å². The van der Waals surface area contributed by atoms with Crippen LogP contribution < -0.4 is 5.73 Å². The van der Waals surface area contributed by atoms with Crippen molar-refractivity contribution in [2.24, 2.45) is 5.73 Å². The van der Waals surface area contributed by atoms with Crippen molar-refractivity contribution in [3.63, 3.8) is 0 Å². The second kappa shape index (κ2) is 6.30. The lowest BCUT2D eigenvalue weighted by atomic mass is 9.80. The minimum atomic E-state index is 0.255. The van der Waals surface area contributed by atoms with E-state index in [2.05, 4.69) is 29.1 Å². The maximum absolute atomic E-state index is 6.06. The van der Waals surface area contributed by atoms with Gasteiger partial charge in [-0.15, -0.1) is 0 Å². The molecule has 1 fully saturated rings. The van der Waals surface area contributed by atoms with Gasteiger partial charge < -0.3 is 5.73 Å². The molecule has 100 valence electrons. The first-order valence-corrected chi connectivity index (χ1v) is 7.07. The molecule has 1 saturated carbocycles. The van der Waals surface area contributed by atoms with Gasteiger partial charge in [0.15, 0.2) is 0 Å². The molecule has 0 unspecified atom stereocenters. The zero-order valence-corrected chi connectivity index (χ0v) is 11.4. The predicted molar refractivity (Wildman–Crippen MR) is 75.4 cm³/mol. The van der Waals surface area contributed by atoms with Crippen LogP contribution in [0.4, 0.5) is 0 Å². The third kappa shape index (κ3) is 3.09. The number of hydrogen-bond donors (Lipinski definition) is 1. The van der Waals surface area contributed by atoms with Gasteiger partial charge in [0.05, 0.1) is 0 Å². The lowest BCUT2D eigenvalue weighted by Crippen LogP contribution is -2.53. The lowest BCUT2D eigenvalue weighted by Gasteiger charge is -2.44. The van der Waals surface area contributed by atoms with E-state index >= 15 is 0 Å². The van der Waals surface area contributed by atoms with E-state index in [1.54, 1.807) is 0 Å². The molecular weight excluding hydrogens is 222 g/mol. The number of aromatic nitrogens is 1. The van der Waals surface area contributed by atoms with Crippen LogP contribution in [0.1, 0.15) is 37.7 Å². The van der Waals surface area contributed by atoms with Gasteiger partial charge >= 0.3 is 0 Å². The fourth-order valence-corrected chi connectivity index (χ4v) is 3.04. The average molecular weight is 247 g/mol. The lowest BCUT2D eigenvalue weighted by molar-refractivity contribution is 0.0838. The quantitative estimate of drug-likeness (QED) is 0.867. The number of pyridine rings is 1. The summed E-state index contributed by atoms with van der Waals surface area (Å²) in [4.78, 5) is 6.55. The van der Waals surface area contributed by atoms with Crippen LogP contribution in [-0.4, -0.2) is 35.6 Å². The molecule has 1 aromatic rings. The molecule has 0 amide bonds. The molecule has 0 aliphatic heterocycles. The largest absolute Gasteiger partial charge is 0.329 e. The summed E-state index contributed by atoms with van der Waals surface area (Å²) >= 11 is 0. The third-order valence-electron chi connectivity index (χ3n) is 4.46. The second-order valence-corrected chi connectivity index (χ2v) is 5.52. The Morgan fingerprint density at radius 3 is 2.50 bits per heavy atom. The zero-order chi connectivity index (χ0) is 12.8. The van der Waals surface area contributed by atoms with E-state index in [1.165, 1.54) is 37.7 Å². The molecular formula is C15H25N3. The van der Waals surface area contributed by atoms with Gasteiger partial charge in [0.25, 0.3) is 0 Å². The van der Waals surface area contributed by atoms with Crippen LogP contribution in [0.3, 0.4) is 0 Å². The fourth-order valence-electron chi connectivity index (χ4n) is 3.04. The van der Waals surface area contributed by atoms with Gasteiger partial charge in [-0.2, -0.15) is 0 Å². The van der Waals surface area contributed by atoms with E-state index in [0.29, 0.717) is 0 Å². The molecule has 18 heavy (non-hydrogen) atoms. The van der Waals surface area contributed by atoms with Crippen LogP contribution in [0.15, 0.2) is 24.5 Å². The highest BCUT2D eigenvalue weighted by molar-refractivity contribution is 5.10. The van der Waals surface area contributed by atoms with E-state index < -0.39 is 0 Å². The molecule has 3 nitrogen and oxygen atoms in total. The van der Waals surface area contributed by atoms with Crippen LogP contribution in [0.2, 0.25) is 0 Å². The monoisotopic (exact) mass is 247 g/mol. The second-order valence-electron chi connectivity index (χ2n) is 5.52. The fraction of sp³-hybridized carbons (Fsp3) is 0.667. The number of likely N-dealkylation sites (N-methyl/N-ethyl adjacent to an activating group) is 1. The minimum Gasteiger partial charge on any atom is -0.329 e. The van der Waals surface area contributed by atoms with Gasteiger partial charge in [-0.25, -0.2) is 0 Å². The number of rotatable bonds is 5. The van der Waals surface area contributed by atoms with Gasteiger partial charge in [-0.3, -0.25) is 9.88 Å². The molecule has 0 aromatic carbocycles. The Balaban J connectivity index is 1.91. The van der Waals surface area contributed by atoms with Gasteiger partial charge in [-0.05, 0) is 44.0 Å². The Bertz CT molecular complexity index is 344. The van der Waals surface area contributed by atoms with Gasteiger partial charge in [0.2, 0.25) is 0 Å². The van der Waals surface area contributed by atoms with E-state index in [9.17, 15) is 0 Å². The van der Waals surface area contributed by atoms with E-state index in [4.69, 9.17) is 5.73 Å². The molecule has 1 aliphatic rings. The molecule has 2 N–H and O–H groups in total. The summed E-state index contributed by atoms with van der Waals surface area (Å²) in [6, 6.07) is 4.20. The standard InChI is InChI=1S/C15H25N3/c1-18(12-7-14-5-10-17-11-6-14)15(13-16)8-3-2-4-9-15/h5-6,10-11H,2-4,7-9,12-13,16H2,1H3. The Morgan fingerprint density at radius 2 is 1.89 bits per heavy atom. The highest BCUT2D eigenvalue weighted by Crippen LogP contribution is 2.32. The van der Waals surface area contributed by atoms with Crippen LogP contribution in [0.25, 0.3) is 0 Å². The van der Waals surface area contributed by atoms with Crippen molar-refractivity contribution in [3.8, 4) is 0 Å². The van der Waals surface area contributed by atoms with Crippen molar-refractivity contribution in [1.29, 1.82) is 0 Å².